The second-order valence-electron chi connectivity index (χ2n) is 4.59. The molecule has 1 amide bonds. The van der Waals surface area contributed by atoms with E-state index in [1.54, 1.807) is 0 Å². The van der Waals surface area contributed by atoms with Gasteiger partial charge >= 0.3 is 0 Å². The molecule has 1 unspecified atom stereocenters. The molecule has 2 rings (SSSR count). The molecule has 0 saturated heterocycles. The Morgan fingerprint density at radius 2 is 2.21 bits per heavy atom. The first-order valence-electron chi connectivity index (χ1n) is 6.36. The number of hydrogen-bond donors (Lipinski definition) is 2. The maximum absolute atomic E-state index is 11.9. The third-order valence-electron chi connectivity index (χ3n) is 3.10. The van der Waals surface area contributed by atoms with E-state index in [1.807, 2.05) is 19.1 Å². The fourth-order valence-corrected chi connectivity index (χ4v) is 1.94. The van der Waals surface area contributed by atoms with Crippen molar-refractivity contribution in [2.24, 2.45) is 0 Å². The van der Waals surface area contributed by atoms with E-state index in [1.165, 1.54) is 17.5 Å². The number of aryl methyl sites for hydroxylation is 2. The Labute approximate surface area is 112 Å². The summed E-state index contributed by atoms with van der Waals surface area (Å²) >= 11 is 0. The van der Waals surface area contributed by atoms with Gasteiger partial charge < -0.3 is 5.32 Å². The molecule has 100 valence electrons. The molecule has 5 heteroatoms. The first-order valence-corrected chi connectivity index (χ1v) is 6.36. The first kappa shape index (κ1) is 13.3. The van der Waals surface area contributed by atoms with E-state index in [0.717, 1.165) is 6.42 Å². The molecule has 2 aromatic rings. The summed E-state index contributed by atoms with van der Waals surface area (Å²) < 4.78 is 0. The van der Waals surface area contributed by atoms with Crippen LogP contribution in [0.2, 0.25) is 0 Å². The summed E-state index contributed by atoms with van der Waals surface area (Å²) in [5.41, 5.74) is 2.43. The predicted molar refractivity (Wildman–Crippen MR) is 72.4 cm³/mol. The van der Waals surface area contributed by atoms with Crippen LogP contribution < -0.4 is 5.32 Å². The minimum atomic E-state index is -0.146. The SMILES string of the molecule is Cc1ccccc1CCC(=O)NC(C)c1ncn[nH]1. The number of amides is 1. The average molecular weight is 258 g/mol. The van der Waals surface area contributed by atoms with Crippen LogP contribution in [0.3, 0.4) is 0 Å². The van der Waals surface area contributed by atoms with E-state index in [4.69, 9.17) is 0 Å². The zero-order valence-corrected chi connectivity index (χ0v) is 11.2. The lowest BCUT2D eigenvalue weighted by Crippen LogP contribution is -2.27. The van der Waals surface area contributed by atoms with Gasteiger partial charge in [0.05, 0.1) is 6.04 Å². The Hall–Kier alpha value is -2.17. The Kier molecular flexibility index (Phi) is 4.28. The van der Waals surface area contributed by atoms with Crippen molar-refractivity contribution in [3.8, 4) is 0 Å². The summed E-state index contributed by atoms with van der Waals surface area (Å²) in [5, 5.41) is 9.42. The van der Waals surface area contributed by atoms with Gasteiger partial charge in [0.15, 0.2) is 0 Å². The number of H-pyrrole nitrogens is 1. The number of carbonyl (C=O) groups excluding carboxylic acids is 1. The number of aromatic nitrogens is 3. The molecule has 0 radical (unpaired) electrons. The smallest absolute Gasteiger partial charge is 0.220 e. The quantitative estimate of drug-likeness (QED) is 0.860. The van der Waals surface area contributed by atoms with Crippen LogP contribution in [0.25, 0.3) is 0 Å². The molecule has 1 aromatic heterocycles. The molecular weight excluding hydrogens is 240 g/mol. The van der Waals surface area contributed by atoms with Crippen LogP contribution in [-0.2, 0) is 11.2 Å². The van der Waals surface area contributed by atoms with Crippen molar-refractivity contribution < 1.29 is 4.79 Å². The predicted octanol–water partition coefficient (Wildman–Crippen LogP) is 1.92. The summed E-state index contributed by atoms with van der Waals surface area (Å²) in [6, 6.07) is 7.97. The van der Waals surface area contributed by atoms with E-state index in [-0.39, 0.29) is 11.9 Å². The highest BCUT2D eigenvalue weighted by Gasteiger charge is 2.11. The van der Waals surface area contributed by atoms with Gasteiger partial charge in [0.1, 0.15) is 12.2 Å². The normalized spacial score (nSPS) is 12.1. The zero-order valence-electron chi connectivity index (χ0n) is 11.2. The molecule has 5 nitrogen and oxygen atoms in total. The van der Waals surface area contributed by atoms with Crippen molar-refractivity contribution in [3.05, 3.63) is 47.5 Å². The standard InChI is InChI=1S/C14H18N4O/c1-10-5-3-4-6-12(10)7-8-13(19)17-11(2)14-15-9-16-18-14/h3-6,9,11H,7-8H2,1-2H3,(H,17,19)(H,15,16,18). The van der Waals surface area contributed by atoms with Crippen LogP contribution in [0.4, 0.5) is 0 Å². The van der Waals surface area contributed by atoms with Gasteiger partial charge in [-0.15, -0.1) is 0 Å². The van der Waals surface area contributed by atoms with E-state index >= 15 is 0 Å². The first-order chi connectivity index (χ1) is 9.16. The van der Waals surface area contributed by atoms with Crippen molar-refractivity contribution in [3.63, 3.8) is 0 Å². The summed E-state index contributed by atoms with van der Waals surface area (Å²) in [5.74, 6) is 0.691. The third-order valence-corrected chi connectivity index (χ3v) is 3.10. The molecule has 1 aromatic carbocycles. The van der Waals surface area contributed by atoms with Gasteiger partial charge in [0.25, 0.3) is 0 Å². The van der Waals surface area contributed by atoms with Crippen LogP contribution in [0.15, 0.2) is 30.6 Å². The molecule has 2 N–H and O–H groups in total. The topological polar surface area (TPSA) is 70.7 Å². The van der Waals surface area contributed by atoms with E-state index < -0.39 is 0 Å². The molecular formula is C14H18N4O. The summed E-state index contributed by atoms with van der Waals surface area (Å²) in [6.07, 6.45) is 2.66. The van der Waals surface area contributed by atoms with Crippen molar-refractivity contribution in [1.29, 1.82) is 0 Å². The second-order valence-corrected chi connectivity index (χ2v) is 4.59. The fourth-order valence-electron chi connectivity index (χ4n) is 1.94. The number of aromatic amines is 1. The lowest BCUT2D eigenvalue weighted by Gasteiger charge is -2.11. The minimum Gasteiger partial charge on any atom is -0.346 e. The molecule has 0 spiro atoms. The van der Waals surface area contributed by atoms with Gasteiger partial charge in [-0.3, -0.25) is 9.89 Å². The molecule has 0 aliphatic rings. The number of hydrogen-bond acceptors (Lipinski definition) is 3. The van der Waals surface area contributed by atoms with Crippen LogP contribution in [-0.4, -0.2) is 21.1 Å². The molecule has 0 saturated carbocycles. The van der Waals surface area contributed by atoms with E-state index in [9.17, 15) is 4.79 Å². The summed E-state index contributed by atoms with van der Waals surface area (Å²) in [4.78, 5) is 15.9. The molecule has 1 atom stereocenters. The zero-order chi connectivity index (χ0) is 13.7. The largest absolute Gasteiger partial charge is 0.346 e. The highest BCUT2D eigenvalue weighted by Crippen LogP contribution is 2.10. The highest BCUT2D eigenvalue weighted by atomic mass is 16.1. The minimum absolute atomic E-state index is 0.0205. The van der Waals surface area contributed by atoms with Gasteiger partial charge in [-0.1, -0.05) is 24.3 Å². The van der Waals surface area contributed by atoms with E-state index in [2.05, 4.69) is 39.6 Å². The Balaban J connectivity index is 1.84. The lowest BCUT2D eigenvalue weighted by atomic mass is 10.0. The molecule has 0 fully saturated rings. The van der Waals surface area contributed by atoms with Crippen molar-refractivity contribution >= 4 is 5.91 Å². The summed E-state index contributed by atoms with van der Waals surface area (Å²) in [7, 11) is 0. The average Bonchev–Trinajstić information content (AvgIpc) is 2.91. The molecule has 0 bridgehead atoms. The molecule has 0 aliphatic carbocycles. The Morgan fingerprint density at radius 1 is 1.42 bits per heavy atom. The van der Waals surface area contributed by atoms with Crippen LogP contribution in [0.5, 0.6) is 0 Å². The van der Waals surface area contributed by atoms with Crippen LogP contribution in [0.1, 0.15) is 36.3 Å². The number of carbonyl (C=O) groups is 1. The number of nitrogens with one attached hydrogen (secondary N) is 2. The van der Waals surface area contributed by atoms with Gasteiger partial charge in [0.2, 0.25) is 5.91 Å². The number of rotatable bonds is 5. The Bertz CT molecular complexity index is 536. The van der Waals surface area contributed by atoms with Crippen molar-refractivity contribution in [2.45, 2.75) is 32.7 Å². The monoisotopic (exact) mass is 258 g/mol. The Morgan fingerprint density at radius 3 is 2.89 bits per heavy atom. The van der Waals surface area contributed by atoms with Gasteiger partial charge in [-0.25, -0.2) is 4.98 Å². The highest BCUT2D eigenvalue weighted by molar-refractivity contribution is 5.76. The maximum atomic E-state index is 11.9. The van der Waals surface area contributed by atoms with Gasteiger partial charge in [-0.05, 0) is 31.4 Å². The maximum Gasteiger partial charge on any atom is 0.220 e. The van der Waals surface area contributed by atoms with Crippen molar-refractivity contribution in [1.82, 2.24) is 20.5 Å². The van der Waals surface area contributed by atoms with Gasteiger partial charge in [0, 0.05) is 6.42 Å². The van der Waals surface area contributed by atoms with Gasteiger partial charge in [-0.2, -0.15) is 5.10 Å². The number of nitrogens with zero attached hydrogens (tertiary/aromatic N) is 2. The van der Waals surface area contributed by atoms with Crippen LogP contribution >= 0.6 is 0 Å². The molecule has 0 aliphatic heterocycles. The fraction of sp³-hybridized carbons (Fsp3) is 0.357. The van der Waals surface area contributed by atoms with E-state index in [0.29, 0.717) is 12.2 Å². The second kappa shape index (κ2) is 6.13. The van der Waals surface area contributed by atoms with Crippen molar-refractivity contribution in [2.75, 3.05) is 0 Å². The lowest BCUT2D eigenvalue weighted by molar-refractivity contribution is -0.121. The summed E-state index contributed by atoms with van der Waals surface area (Å²) in [6.45, 7) is 3.94. The third kappa shape index (κ3) is 3.64. The molecule has 1 heterocycles. The number of benzene rings is 1. The van der Waals surface area contributed by atoms with Crippen LogP contribution in [0, 0.1) is 6.92 Å². The molecule has 19 heavy (non-hydrogen) atoms.